The first-order valence-electron chi connectivity index (χ1n) is 18.8. The quantitative estimate of drug-likeness (QED) is 0.140. The highest BCUT2D eigenvalue weighted by atomic mass is 32.1. The number of amides is 4. The second-order valence-corrected chi connectivity index (χ2v) is 16.4. The van der Waals surface area contributed by atoms with Crippen molar-refractivity contribution in [3.63, 3.8) is 0 Å². The first-order valence-corrected chi connectivity index (χ1v) is 19.6. The molecule has 4 N–H and O–H groups in total. The zero-order chi connectivity index (χ0) is 40.5. The number of carbonyl (C=O) groups is 4. The van der Waals surface area contributed by atoms with E-state index in [9.17, 15) is 19.2 Å². The molecule has 3 aliphatic rings. The minimum atomic E-state index is -1.38. The molecule has 1 saturated heterocycles. The summed E-state index contributed by atoms with van der Waals surface area (Å²) in [5.41, 5.74) is -0.895. The number of alkyl carbamates (subject to hydrolysis) is 1. The van der Waals surface area contributed by atoms with Gasteiger partial charge in [-0.05, 0) is 66.3 Å². The number of H-pyrrole nitrogens is 1. The number of methoxy groups -OCH3 is 2. The lowest BCUT2D eigenvalue weighted by Gasteiger charge is -2.35. The Morgan fingerprint density at radius 2 is 1.77 bits per heavy atom. The Bertz CT molecular complexity index is 2140. The van der Waals surface area contributed by atoms with Gasteiger partial charge < -0.3 is 34.5 Å². The maximum Gasteiger partial charge on any atom is 0.408 e. The van der Waals surface area contributed by atoms with Crippen molar-refractivity contribution in [1.29, 1.82) is 0 Å². The molecule has 1 aromatic carbocycles. The smallest absolute Gasteiger partial charge is 0.408 e. The minimum absolute atomic E-state index is 0.0150. The highest BCUT2D eigenvalue weighted by Crippen LogP contribution is 2.46. The van der Waals surface area contributed by atoms with Crippen LogP contribution in [0.2, 0.25) is 0 Å². The molecular weight excluding hydrogens is 757 g/mol. The average molecular weight is 803 g/mol. The van der Waals surface area contributed by atoms with E-state index in [2.05, 4.69) is 43.2 Å². The summed E-state index contributed by atoms with van der Waals surface area (Å²) in [6.45, 7) is 9.24. The van der Waals surface area contributed by atoms with Crippen molar-refractivity contribution in [1.82, 2.24) is 46.1 Å². The molecule has 4 amide bonds. The Labute approximate surface area is 332 Å². The van der Waals surface area contributed by atoms with Gasteiger partial charge in [0.25, 0.3) is 11.9 Å². The largest absolute Gasteiger partial charge is 0.494 e. The number of fused-ring (bicyclic) bond motifs is 1. The Morgan fingerprint density at radius 3 is 2.37 bits per heavy atom. The number of aromatic nitrogens is 6. The second-order valence-electron chi connectivity index (χ2n) is 15.5. The van der Waals surface area contributed by atoms with Crippen LogP contribution in [0.5, 0.6) is 17.4 Å². The van der Waals surface area contributed by atoms with Crippen molar-refractivity contribution >= 4 is 52.1 Å². The van der Waals surface area contributed by atoms with Gasteiger partial charge in [0.05, 0.1) is 25.6 Å². The molecule has 302 valence electrons. The van der Waals surface area contributed by atoms with Crippen LogP contribution in [0.3, 0.4) is 0 Å². The summed E-state index contributed by atoms with van der Waals surface area (Å²) in [5, 5.41) is 23.6. The summed E-state index contributed by atoms with van der Waals surface area (Å²) >= 11 is 1.44. The number of ether oxygens (including phenoxy) is 4. The van der Waals surface area contributed by atoms with E-state index in [1.54, 1.807) is 25.3 Å². The molecule has 0 bridgehead atoms. The van der Waals surface area contributed by atoms with Gasteiger partial charge in [-0.1, -0.05) is 38.0 Å². The maximum atomic E-state index is 14.7. The van der Waals surface area contributed by atoms with E-state index in [0.717, 1.165) is 30.6 Å². The molecular formula is C38H46N10O8S. The van der Waals surface area contributed by atoms with Crippen LogP contribution >= 0.6 is 11.3 Å². The number of tetrazole rings is 1. The SMILES string of the molecule is C=C[C@@H]1C[C@]1(NC(=O)[C@@H]1C[C@@H](Oc2nc3c(OC)ccc(OC)c3nc2-c2cccs2)CN1C(=O)[C@@H](NC(=O)OC1CCCC1)C(C)(C)C)C(=O)Nc1nn[nH]n1. The summed E-state index contributed by atoms with van der Waals surface area (Å²) in [5.74, 6) is -1.07. The van der Waals surface area contributed by atoms with E-state index in [0.29, 0.717) is 28.2 Å². The van der Waals surface area contributed by atoms with Crippen molar-refractivity contribution in [2.75, 3.05) is 26.1 Å². The Morgan fingerprint density at radius 1 is 1.05 bits per heavy atom. The highest BCUT2D eigenvalue weighted by Gasteiger charge is 2.61. The number of nitrogens with one attached hydrogen (secondary N) is 4. The van der Waals surface area contributed by atoms with Gasteiger partial charge >= 0.3 is 6.09 Å². The Hall–Kier alpha value is -5.85. The maximum absolute atomic E-state index is 14.7. The molecule has 5 atom stereocenters. The lowest BCUT2D eigenvalue weighted by molar-refractivity contribution is -0.142. The van der Waals surface area contributed by atoms with Gasteiger partial charge in [-0.25, -0.2) is 14.8 Å². The fraction of sp³-hybridized carbons (Fsp3) is 0.500. The fourth-order valence-electron chi connectivity index (χ4n) is 7.48. The zero-order valence-corrected chi connectivity index (χ0v) is 33.2. The van der Waals surface area contributed by atoms with Gasteiger partial charge in [-0.15, -0.1) is 23.0 Å². The number of anilines is 1. The summed E-state index contributed by atoms with van der Waals surface area (Å²) in [4.78, 5) is 68.0. The van der Waals surface area contributed by atoms with Crippen LogP contribution in [0.4, 0.5) is 10.7 Å². The first kappa shape index (κ1) is 39.4. The molecule has 3 fully saturated rings. The minimum Gasteiger partial charge on any atom is -0.494 e. The van der Waals surface area contributed by atoms with Crippen LogP contribution in [0.1, 0.15) is 59.3 Å². The molecule has 7 rings (SSSR count). The van der Waals surface area contributed by atoms with Crippen LogP contribution in [-0.2, 0) is 19.1 Å². The molecule has 0 unspecified atom stereocenters. The lowest BCUT2D eigenvalue weighted by atomic mass is 9.85. The number of rotatable bonds is 13. The number of carbonyl (C=O) groups excluding carboxylic acids is 4. The van der Waals surface area contributed by atoms with E-state index in [-0.39, 0.29) is 37.3 Å². The zero-order valence-electron chi connectivity index (χ0n) is 32.4. The summed E-state index contributed by atoms with van der Waals surface area (Å²) in [6.07, 6.45) is 3.58. The van der Waals surface area contributed by atoms with Crippen molar-refractivity contribution in [3.05, 3.63) is 42.3 Å². The molecule has 3 aromatic heterocycles. The van der Waals surface area contributed by atoms with Crippen molar-refractivity contribution < 1.29 is 38.1 Å². The van der Waals surface area contributed by atoms with Crippen molar-refractivity contribution in [3.8, 4) is 28.0 Å². The molecule has 0 spiro atoms. The van der Waals surface area contributed by atoms with E-state index < -0.39 is 58.9 Å². The molecule has 2 saturated carbocycles. The van der Waals surface area contributed by atoms with E-state index in [4.69, 9.17) is 28.9 Å². The number of nitrogens with zero attached hydrogens (tertiary/aromatic N) is 6. The molecule has 2 aliphatic carbocycles. The molecule has 19 heteroatoms. The Balaban J connectivity index is 1.22. The number of aromatic amines is 1. The monoisotopic (exact) mass is 802 g/mol. The normalized spacial score (nSPS) is 22.4. The van der Waals surface area contributed by atoms with Crippen molar-refractivity contribution in [2.24, 2.45) is 11.3 Å². The van der Waals surface area contributed by atoms with E-state index in [1.165, 1.54) is 23.3 Å². The molecule has 1 aliphatic heterocycles. The lowest BCUT2D eigenvalue weighted by Crippen LogP contribution is -2.59. The molecule has 57 heavy (non-hydrogen) atoms. The van der Waals surface area contributed by atoms with Gasteiger partial charge in [0.1, 0.15) is 58.1 Å². The average Bonchev–Trinajstić information content (AvgIpc) is 3.86. The van der Waals surface area contributed by atoms with Gasteiger partial charge in [0.2, 0.25) is 17.7 Å². The molecule has 0 radical (unpaired) electrons. The topological polar surface area (TPSA) is 225 Å². The van der Waals surface area contributed by atoms with Gasteiger partial charge in [0, 0.05) is 12.3 Å². The number of thiophene rings is 1. The van der Waals surface area contributed by atoms with Crippen LogP contribution in [0.15, 0.2) is 42.3 Å². The number of likely N-dealkylation sites (tertiary alicyclic amines) is 1. The predicted molar refractivity (Wildman–Crippen MR) is 208 cm³/mol. The van der Waals surface area contributed by atoms with Crippen molar-refractivity contribution in [2.45, 2.75) is 89.1 Å². The van der Waals surface area contributed by atoms with Crippen LogP contribution in [0.25, 0.3) is 21.6 Å². The molecule has 4 heterocycles. The summed E-state index contributed by atoms with van der Waals surface area (Å²) in [6, 6.07) is 5.01. The summed E-state index contributed by atoms with van der Waals surface area (Å²) < 4.78 is 23.5. The fourth-order valence-corrected chi connectivity index (χ4v) is 8.19. The van der Waals surface area contributed by atoms with Crippen LogP contribution in [0, 0.1) is 11.3 Å². The van der Waals surface area contributed by atoms with Crippen LogP contribution < -0.4 is 30.2 Å². The highest BCUT2D eigenvalue weighted by molar-refractivity contribution is 7.13. The van der Waals surface area contributed by atoms with Crippen LogP contribution in [-0.4, -0.2) is 110 Å². The van der Waals surface area contributed by atoms with Gasteiger partial charge in [0.15, 0.2) is 0 Å². The van der Waals surface area contributed by atoms with E-state index >= 15 is 0 Å². The third-order valence-corrected chi connectivity index (χ3v) is 11.5. The van der Waals surface area contributed by atoms with E-state index in [1.807, 2.05) is 38.3 Å². The predicted octanol–water partition coefficient (Wildman–Crippen LogP) is 4.02. The standard InChI is InChI=1S/C38H46N10O8S/c1-7-20-18-38(20,34(51)42-35-44-46-47-45-35)43-31(49)23-17-22(19-48(23)33(50)30(37(2,3)4)41-36(52)56-21-11-8-9-12-21)55-32-29(26-13-10-16-57-26)39-27-24(53-5)14-15-25(54-6)28(27)40-32/h7,10,13-16,20-23,30H,1,8-9,11-12,17-19H2,2-6H3,(H,41,52)(H,43,49)(H2,42,44,45,46,47,51)/t20-,22-,23+,30-,38-/m1/s1. The summed E-state index contributed by atoms with van der Waals surface area (Å²) in [7, 11) is 3.06. The molecule has 18 nitrogen and oxygen atoms in total. The Kier molecular flexibility index (Phi) is 11.0. The van der Waals surface area contributed by atoms with Gasteiger partial charge in [-0.3, -0.25) is 19.7 Å². The second kappa shape index (κ2) is 16.0. The first-order chi connectivity index (χ1) is 27.3. The molecule has 4 aromatic rings. The number of benzene rings is 1. The van der Waals surface area contributed by atoms with Gasteiger partial charge in [-0.2, -0.15) is 5.21 Å². The third-order valence-electron chi connectivity index (χ3n) is 10.6. The number of hydrogen-bond donors (Lipinski definition) is 4. The third kappa shape index (κ3) is 8.05. The number of hydrogen-bond acceptors (Lipinski definition) is 14.